The van der Waals surface area contributed by atoms with Crippen LogP contribution in [0.2, 0.25) is 0 Å². The summed E-state index contributed by atoms with van der Waals surface area (Å²) in [5.74, 6) is -0.372. The van der Waals surface area contributed by atoms with Crippen LogP contribution in [0.4, 0.5) is 26.6 Å². The summed E-state index contributed by atoms with van der Waals surface area (Å²) in [4.78, 5) is 36.3. The molecule has 9 nitrogen and oxygen atoms in total. The molecule has 1 atom stereocenters. The lowest BCUT2D eigenvalue weighted by molar-refractivity contribution is -0.127. The van der Waals surface area contributed by atoms with E-state index in [4.69, 9.17) is 4.74 Å². The molecule has 2 aromatic rings. The van der Waals surface area contributed by atoms with Crippen LogP contribution in [0.5, 0.6) is 0 Å². The maximum absolute atomic E-state index is 14.5. The van der Waals surface area contributed by atoms with E-state index in [2.05, 4.69) is 27.2 Å². The van der Waals surface area contributed by atoms with Crippen LogP contribution in [-0.2, 0) is 22.5 Å². The maximum Gasteiger partial charge on any atom is 0.410 e. The van der Waals surface area contributed by atoms with Gasteiger partial charge in [-0.2, -0.15) is 4.98 Å². The Bertz CT molecular complexity index is 1150. The monoisotopic (exact) mass is 496 g/mol. The number of rotatable bonds is 5. The number of likely N-dealkylation sites (tertiary alicyclic amines) is 1. The van der Waals surface area contributed by atoms with Crippen molar-refractivity contribution in [1.29, 1.82) is 0 Å². The van der Waals surface area contributed by atoms with Crippen LogP contribution in [0.3, 0.4) is 0 Å². The number of amides is 2. The lowest BCUT2D eigenvalue weighted by Gasteiger charge is -2.32. The van der Waals surface area contributed by atoms with E-state index in [0.29, 0.717) is 26.2 Å². The standard InChI is InChI=1S/C26H33FN6O3/c1-5-22(34)32-11-6-7-20(16-32)29-23-21(27)14-28-24(31-23)30-19-9-8-17-10-12-33(15-18(17)13-19)25(35)36-26(2,3)4/h5,8-9,13-14,20H,1,6-7,10-12,15-16H2,2-4H3,(H2,28,29,30,31). The summed E-state index contributed by atoms with van der Waals surface area (Å²) in [7, 11) is 0. The van der Waals surface area contributed by atoms with E-state index in [-0.39, 0.29) is 29.8 Å². The fourth-order valence-corrected chi connectivity index (χ4v) is 4.39. The van der Waals surface area contributed by atoms with E-state index < -0.39 is 11.4 Å². The van der Waals surface area contributed by atoms with Gasteiger partial charge in [-0.25, -0.2) is 14.2 Å². The predicted molar refractivity (Wildman–Crippen MR) is 135 cm³/mol. The molecule has 1 unspecified atom stereocenters. The second-order valence-electron chi connectivity index (χ2n) is 10.1. The topological polar surface area (TPSA) is 99.7 Å². The molecule has 3 heterocycles. The van der Waals surface area contributed by atoms with E-state index in [1.807, 2.05) is 39.0 Å². The first-order chi connectivity index (χ1) is 17.1. The summed E-state index contributed by atoms with van der Waals surface area (Å²) in [5, 5.41) is 6.25. The van der Waals surface area contributed by atoms with Crippen molar-refractivity contribution in [2.24, 2.45) is 0 Å². The van der Waals surface area contributed by atoms with Crippen molar-refractivity contribution in [2.45, 2.75) is 58.2 Å². The highest BCUT2D eigenvalue weighted by Crippen LogP contribution is 2.26. The highest BCUT2D eigenvalue weighted by molar-refractivity contribution is 5.87. The highest BCUT2D eigenvalue weighted by Gasteiger charge is 2.26. The van der Waals surface area contributed by atoms with Crippen molar-refractivity contribution in [3.05, 3.63) is 54.0 Å². The van der Waals surface area contributed by atoms with Gasteiger partial charge in [0.1, 0.15) is 5.60 Å². The number of nitrogens with zero attached hydrogens (tertiary/aromatic N) is 4. The molecule has 2 aliphatic rings. The third-order valence-electron chi connectivity index (χ3n) is 6.12. The van der Waals surface area contributed by atoms with Crippen molar-refractivity contribution in [3.63, 3.8) is 0 Å². The Balaban J connectivity index is 1.44. The lowest BCUT2D eigenvalue weighted by Crippen LogP contribution is -2.44. The third kappa shape index (κ3) is 6.30. The van der Waals surface area contributed by atoms with Crippen molar-refractivity contribution >= 4 is 29.5 Å². The van der Waals surface area contributed by atoms with Gasteiger partial charge in [-0.1, -0.05) is 12.6 Å². The van der Waals surface area contributed by atoms with Crippen LogP contribution in [0.15, 0.2) is 37.1 Å². The van der Waals surface area contributed by atoms with Crippen molar-refractivity contribution in [3.8, 4) is 0 Å². The highest BCUT2D eigenvalue weighted by atomic mass is 19.1. The Hall–Kier alpha value is -3.69. The Morgan fingerprint density at radius 3 is 2.78 bits per heavy atom. The fraction of sp³-hybridized carbons (Fsp3) is 0.462. The third-order valence-corrected chi connectivity index (χ3v) is 6.12. The quantitative estimate of drug-likeness (QED) is 0.597. The Kier molecular flexibility index (Phi) is 7.42. The zero-order chi connectivity index (χ0) is 25.9. The normalized spacial score (nSPS) is 17.7. The van der Waals surface area contributed by atoms with Crippen LogP contribution in [0, 0.1) is 5.82 Å². The summed E-state index contributed by atoms with van der Waals surface area (Å²) in [6.45, 7) is 11.2. The number of hydrogen-bond donors (Lipinski definition) is 2. The SMILES string of the molecule is C=CC(=O)N1CCCC(Nc2nc(Nc3ccc4c(c3)CN(C(=O)OC(C)(C)C)CC4)ncc2F)C1. The molecule has 0 radical (unpaired) electrons. The molecule has 4 rings (SSSR count). The molecule has 1 aromatic carbocycles. The predicted octanol–water partition coefficient (Wildman–Crippen LogP) is 4.24. The van der Waals surface area contributed by atoms with Gasteiger partial charge < -0.3 is 25.2 Å². The average molecular weight is 497 g/mol. The summed E-state index contributed by atoms with van der Waals surface area (Å²) in [6.07, 6.45) is 4.43. The van der Waals surface area contributed by atoms with Gasteiger partial charge in [-0.3, -0.25) is 4.79 Å². The lowest BCUT2D eigenvalue weighted by atomic mass is 9.99. The molecule has 1 aromatic heterocycles. The molecule has 1 fully saturated rings. The maximum atomic E-state index is 14.5. The largest absolute Gasteiger partial charge is 0.444 e. The summed E-state index contributed by atoms with van der Waals surface area (Å²) < 4.78 is 20.0. The number of carbonyl (C=O) groups is 2. The molecule has 0 spiro atoms. The number of ether oxygens (including phenoxy) is 1. The van der Waals surface area contributed by atoms with Gasteiger partial charge in [0.15, 0.2) is 11.6 Å². The number of fused-ring (bicyclic) bond motifs is 1. The minimum atomic E-state index is -0.564. The zero-order valence-electron chi connectivity index (χ0n) is 21.0. The molecule has 0 saturated carbocycles. The van der Waals surface area contributed by atoms with E-state index in [1.54, 1.807) is 9.80 Å². The summed E-state index contributed by atoms with van der Waals surface area (Å²) >= 11 is 0. The van der Waals surface area contributed by atoms with Gasteiger partial charge in [0, 0.05) is 37.9 Å². The Morgan fingerprint density at radius 2 is 2.03 bits per heavy atom. The molecular formula is C26H33FN6O3. The molecular weight excluding hydrogens is 463 g/mol. The second-order valence-corrected chi connectivity index (χ2v) is 10.1. The number of aromatic nitrogens is 2. The van der Waals surface area contributed by atoms with Crippen LogP contribution in [-0.4, -0.2) is 63.0 Å². The number of benzene rings is 1. The molecule has 2 aliphatic heterocycles. The number of anilines is 3. The summed E-state index contributed by atoms with van der Waals surface area (Å²) in [5.41, 5.74) is 2.35. The first-order valence-electron chi connectivity index (χ1n) is 12.2. The van der Waals surface area contributed by atoms with E-state index in [1.165, 1.54) is 11.6 Å². The van der Waals surface area contributed by atoms with Gasteiger partial charge in [0.2, 0.25) is 11.9 Å². The Labute approximate surface area is 210 Å². The molecule has 2 amide bonds. The van der Waals surface area contributed by atoms with Crippen LogP contribution in [0.1, 0.15) is 44.7 Å². The molecule has 2 N–H and O–H groups in total. The number of nitrogens with one attached hydrogen (secondary N) is 2. The van der Waals surface area contributed by atoms with Crippen LogP contribution < -0.4 is 10.6 Å². The minimum absolute atomic E-state index is 0.0828. The molecule has 10 heteroatoms. The fourth-order valence-electron chi connectivity index (χ4n) is 4.39. The molecule has 0 aliphatic carbocycles. The van der Waals surface area contributed by atoms with Gasteiger partial charge in [-0.15, -0.1) is 0 Å². The Morgan fingerprint density at radius 1 is 1.22 bits per heavy atom. The van der Waals surface area contributed by atoms with Gasteiger partial charge in [-0.05, 0) is 69.4 Å². The second kappa shape index (κ2) is 10.5. The van der Waals surface area contributed by atoms with Gasteiger partial charge in [0.05, 0.1) is 6.20 Å². The number of halogens is 1. The van der Waals surface area contributed by atoms with Gasteiger partial charge in [0.25, 0.3) is 0 Å². The zero-order valence-corrected chi connectivity index (χ0v) is 21.0. The molecule has 0 bridgehead atoms. The first-order valence-corrected chi connectivity index (χ1v) is 12.2. The van der Waals surface area contributed by atoms with E-state index in [0.717, 1.165) is 36.7 Å². The van der Waals surface area contributed by atoms with Gasteiger partial charge >= 0.3 is 6.09 Å². The number of hydrogen-bond acceptors (Lipinski definition) is 7. The van der Waals surface area contributed by atoms with Crippen LogP contribution in [0.25, 0.3) is 0 Å². The first kappa shape index (κ1) is 25.4. The number of carbonyl (C=O) groups excluding carboxylic acids is 2. The number of piperidine rings is 1. The average Bonchev–Trinajstić information content (AvgIpc) is 2.84. The minimum Gasteiger partial charge on any atom is -0.444 e. The van der Waals surface area contributed by atoms with E-state index >= 15 is 0 Å². The van der Waals surface area contributed by atoms with Crippen molar-refractivity contribution in [2.75, 3.05) is 30.3 Å². The molecule has 1 saturated heterocycles. The van der Waals surface area contributed by atoms with Crippen molar-refractivity contribution in [1.82, 2.24) is 19.8 Å². The van der Waals surface area contributed by atoms with Crippen molar-refractivity contribution < 1.29 is 18.7 Å². The summed E-state index contributed by atoms with van der Waals surface area (Å²) in [6, 6.07) is 5.76. The molecule has 36 heavy (non-hydrogen) atoms. The molecule has 192 valence electrons. The van der Waals surface area contributed by atoms with E-state index in [9.17, 15) is 14.0 Å². The smallest absolute Gasteiger partial charge is 0.410 e. The van der Waals surface area contributed by atoms with Crippen LogP contribution >= 0.6 is 0 Å².